The van der Waals surface area contributed by atoms with Crippen molar-refractivity contribution in [2.24, 2.45) is 5.92 Å². The summed E-state index contributed by atoms with van der Waals surface area (Å²) in [5.41, 5.74) is 0. The van der Waals surface area contributed by atoms with Gasteiger partial charge in [-0.15, -0.1) is 0 Å². The third kappa shape index (κ3) is 5.13. The smallest absolute Gasteiger partial charge is 0.224 e. The number of amides is 1. The molecular formula is C9H19NO2. The molecule has 0 aromatic carbocycles. The first-order valence-electron chi connectivity index (χ1n) is 4.50. The largest absolute Gasteiger partial charge is 0.359 e. The summed E-state index contributed by atoms with van der Waals surface area (Å²) in [6.07, 6.45) is 0.807. The summed E-state index contributed by atoms with van der Waals surface area (Å²) in [5.74, 6) is 0.0660. The lowest BCUT2D eigenvalue weighted by atomic mass is 10.2. The van der Waals surface area contributed by atoms with Crippen molar-refractivity contribution < 1.29 is 9.53 Å². The fourth-order valence-corrected chi connectivity index (χ4v) is 0.703. The van der Waals surface area contributed by atoms with Crippen LogP contribution in [-0.4, -0.2) is 18.7 Å². The molecule has 0 heterocycles. The molecule has 0 saturated heterocycles. The van der Waals surface area contributed by atoms with Crippen LogP contribution in [0.5, 0.6) is 0 Å². The predicted octanol–water partition coefficient (Wildman–Crippen LogP) is 1.53. The molecule has 0 radical (unpaired) electrons. The van der Waals surface area contributed by atoms with Gasteiger partial charge in [-0.1, -0.05) is 20.8 Å². The van der Waals surface area contributed by atoms with Crippen molar-refractivity contribution in [1.82, 2.24) is 5.32 Å². The molecule has 0 rings (SSSR count). The van der Waals surface area contributed by atoms with Crippen molar-refractivity contribution in [1.29, 1.82) is 0 Å². The van der Waals surface area contributed by atoms with Gasteiger partial charge in [0.15, 0.2) is 0 Å². The molecule has 0 saturated carbocycles. The Morgan fingerprint density at radius 1 is 1.42 bits per heavy atom. The average Bonchev–Trinajstić information content (AvgIpc) is 2.00. The summed E-state index contributed by atoms with van der Waals surface area (Å²) in [4.78, 5) is 11.1. The quantitative estimate of drug-likeness (QED) is 0.640. The first-order valence-corrected chi connectivity index (χ1v) is 4.50. The Kier molecular flexibility index (Phi) is 5.72. The SMILES string of the molecule is CCCOC(C)NC(=O)C(C)C. The number of hydrogen-bond donors (Lipinski definition) is 1. The van der Waals surface area contributed by atoms with E-state index in [1.54, 1.807) is 0 Å². The fraction of sp³-hybridized carbons (Fsp3) is 0.889. The van der Waals surface area contributed by atoms with E-state index in [-0.39, 0.29) is 18.1 Å². The lowest BCUT2D eigenvalue weighted by Crippen LogP contribution is -2.37. The van der Waals surface area contributed by atoms with E-state index < -0.39 is 0 Å². The van der Waals surface area contributed by atoms with Crippen LogP contribution in [0.25, 0.3) is 0 Å². The van der Waals surface area contributed by atoms with Crippen LogP contribution in [0.15, 0.2) is 0 Å². The lowest BCUT2D eigenvalue weighted by Gasteiger charge is -2.15. The maximum Gasteiger partial charge on any atom is 0.224 e. The summed E-state index contributed by atoms with van der Waals surface area (Å²) >= 11 is 0. The summed E-state index contributed by atoms with van der Waals surface area (Å²) in [5, 5.41) is 2.75. The molecule has 0 fully saturated rings. The highest BCUT2D eigenvalue weighted by atomic mass is 16.5. The molecule has 3 nitrogen and oxygen atoms in total. The second kappa shape index (κ2) is 6.00. The van der Waals surface area contributed by atoms with Gasteiger partial charge in [-0.05, 0) is 13.3 Å². The molecule has 0 bridgehead atoms. The number of hydrogen-bond acceptors (Lipinski definition) is 2. The fourth-order valence-electron chi connectivity index (χ4n) is 0.703. The van der Waals surface area contributed by atoms with Crippen molar-refractivity contribution in [2.45, 2.75) is 40.3 Å². The van der Waals surface area contributed by atoms with Gasteiger partial charge in [-0.25, -0.2) is 0 Å². The Morgan fingerprint density at radius 3 is 2.42 bits per heavy atom. The van der Waals surface area contributed by atoms with Crippen molar-refractivity contribution in [3.05, 3.63) is 0 Å². The molecular weight excluding hydrogens is 154 g/mol. The van der Waals surface area contributed by atoms with E-state index in [1.165, 1.54) is 0 Å². The summed E-state index contributed by atoms with van der Waals surface area (Å²) in [6.45, 7) is 8.30. The van der Waals surface area contributed by atoms with E-state index in [4.69, 9.17) is 4.74 Å². The van der Waals surface area contributed by atoms with Gasteiger partial charge >= 0.3 is 0 Å². The van der Waals surface area contributed by atoms with Crippen LogP contribution in [0.3, 0.4) is 0 Å². The van der Waals surface area contributed by atoms with Gasteiger partial charge in [-0.2, -0.15) is 0 Å². The molecule has 72 valence electrons. The molecule has 1 atom stereocenters. The summed E-state index contributed by atoms with van der Waals surface area (Å²) in [7, 11) is 0. The minimum absolute atomic E-state index is 0.0256. The standard InChI is InChI=1S/C9H19NO2/c1-5-6-12-8(4)10-9(11)7(2)3/h7-8H,5-6H2,1-4H3,(H,10,11). The second-order valence-corrected chi connectivity index (χ2v) is 3.18. The average molecular weight is 173 g/mol. The molecule has 0 aromatic rings. The van der Waals surface area contributed by atoms with Gasteiger partial charge in [0.05, 0.1) is 0 Å². The Balaban J connectivity index is 3.54. The first kappa shape index (κ1) is 11.4. The molecule has 0 aliphatic rings. The molecule has 0 aliphatic heterocycles. The molecule has 0 aliphatic carbocycles. The molecule has 3 heteroatoms. The van der Waals surface area contributed by atoms with Crippen molar-refractivity contribution in [2.75, 3.05) is 6.61 Å². The van der Waals surface area contributed by atoms with Crippen molar-refractivity contribution >= 4 is 5.91 Å². The lowest BCUT2D eigenvalue weighted by molar-refractivity contribution is -0.128. The van der Waals surface area contributed by atoms with Crippen LogP contribution in [0.4, 0.5) is 0 Å². The minimum Gasteiger partial charge on any atom is -0.359 e. The maximum absolute atomic E-state index is 11.1. The Labute approximate surface area is 74.5 Å². The summed E-state index contributed by atoms with van der Waals surface area (Å²) in [6, 6.07) is 0. The van der Waals surface area contributed by atoms with E-state index in [0.717, 1.165) is 6.42 Å². The second-order valence-electron chi connectivity index (χ2n) is 3.18. The highest BCUT2D eigenvalue weighted by molar-refractivity contribution is 5.77. The van der Waals surface area contributed by atoms with Crippen LogP contribution in [-0.2, 0) is 9.53 Å². The van der Waals surface area contributed by atoms with Gasteiger partial charge < -0.3 is 10.1 Å². The van der Waals surface area contributed by atoms with Gasteiger partial charge in [0, 0.05) is 12.5 Å². The molecule has 1 N–H and O–H groups in total. The molecule has 0 spiro atoms. The molecule has 12 heavy (non-hydrogen) atoms. The van der Waals surface area contributed by atoms with E-state index in [1.807, 2.05) is 27.7 Å². The van der Waals surface area contributed by atoms with E-state index in [0.29, 0.717) is 6.61 Å². The van der Waals surface area contributed by atoms with Crippen LogP contribution >= 0.6 is 0 Å². The third-order valence-electron chi connectivity index (χ3n) is 1.44. The van der Waals surface area contributed by atoms with Crippen LogP contribution < -0.4 is 5.32 Å². The van der Waals surface area contributed by atoms with Gasteiger partial charge in [-0.3, -0.25) is 4.79 Å². The Bertz CT molecular complexity index is 134. The number of rotatable bonds is 5. The maximum atomic E-state index is 11.1. The predicted molar refractivity (Wildman–Crippen MR) is 48.7 cm³/mol. The van der Waals surface area contributed by atoms with E-state index in [9.17, 15) is 4.79 Å². The highest BCUT2D eigenvalue weighted by Gasteiger charge is 2.09. The number of carbonyl (C=O) groups excluding carboxylic acids is 1. The topological polar surface area (TPSA) is 38.3 Å². The third-order valence-corrected chi connectivity index (χ3v) is 1.44. The minimum atomic E-state index is -0.167. The molecule has 0 aromatic heterocycles. The van der Waals surface area contributed by atoms with Crippen LogP contribution in [0, 0.1) is 5.92 Å². The number of carbonyl (C=O) groups is 1. The van der Waals surface area contributed by atoms with Gasteiger partial charge in [0.1, 0.15) is 6.23 Å². The Morgan fingerprint density at radius 2 is 2.00 bits per heavy atom. The van der Waals surface area contributed by atoms with Crippen molar-refractivity contribution in [3.8, 4) is 0 Å². The number of ether oxygens (including phenoxy) is 1. The molecule has 1 unspecified atom stereocenters. The van der Waals surface area contributed by atoms with Crippen molar-refractivity contribution in [3.63, 3.8) is 0 Å². The highest BCUT2D eigenvalue weighted by Crippen LogP contribution is 1.94. The van der Waals surface area contributed by atoms with Crippen LogP contribution in [0.1, 0.15) is 34.1 Å². The number of nitrogens with one attached hydrogen (secondary N) is 1. The normalized spacial score (nSPS) is 13.1. The van der Waals surface area contributed by atoms with E-state index >= 15 is 0 Å². The zero-order valence-corrected chi connectivity index (χ0v) is 8.39. The zero-order valence-electron chi connectivity index (χ0n) is 8.39. The van der Waals surface area contributed by atoms with Gasteiger partial charge in [0.2, 0.25) is 5.91 Å². The van der Waals surface area contributed by atoms with Gasteiger partial charge in [0.25, 0.3) is 0 Å². The Hall–Kier alpha value is -0.570. The monoisotopic (exact) mass is 173 g/mol. The van der Waals surface area contributed by atoms with E-state index in [2.05, 4.69) is 5.32 Å². The first-order chi connectivity index (χ1) is 5.57. The summed E-state index contributed by atoms with van der Waals surface area (Å²) < 4.78 is 5.28. The zero-order chi connectivity index (χ0) is 9.56. The molecule has 1 amide bonds. The van der Waals surface area contributed by atoms with Crippen LogP contribution in [0.2, 0.25) is 0 Å².